The number of nitrogens with zero attached hydrogens (tertiary/aromatic N) is 3. The summed E-state index contributed by atoms with van der Waals surface area (Å²) >= 11 is 5.83. The molecule has 0 saturated heterocycles. The van der Waals surface area contributed by atoms with E-state index in [0.717, 1.165) is 12.2 Å². The lowest BCUT2D eigenvalue weighted by Gasteiger charge is -2.26. The molecule has 1 aromatic heterocycles. The summed E-state index contributed by atoms with van der Waals surface area (Å²) in [7, 11) is 0. The zero-order valence-electron chi connectivity index (χ0n) is 11.8. The quantitative estimate of drug-likeness (QED) is 0.746. The van der Waals surface area contributed by atoms with Crippen LogP contribution in [0.2, 0.25) is 0 Å². The Hall–Kier alpha value is -1.03. The molecule has 1 rings (SSSR count). The van der Waals surface area contributed by atoms with Crippen LogP contribution in [-0.2, 0) is 0 Å². The number of aryl methyl sites for hydroxylation is 1. The zero-order valence-corrected chi connectivity index (χ0v) is 12.5. The molecular formula is C13H22ClN3O. The van der Waals surface area contributed by atoms with Crippen LogP contribution in [0.1, 0.15) is 33.4 Å². The van der Waals surface area contributed by atoms with Crippen LogP contribution in [0.4, 0.5) is 5.95 Å². The minimum absolute atomic E-state index is 0.104. The summed E-state index contributed by atoms with van der Waals surface area (Å²) < 4.78 is 5.63. The van der Waals surface area contributed by atoms with Crippen molar-refractivity contribution in [2.75, 3.05) is 17.3 Å². The third kappa shape index (κ3) is 4.33. The van der Waals surface area contributed by atoms with E-state index >= 15 is 0 Å². The maximum Gasteiger partial charge on any atom is 0.229 e. The summed E-state index contributed by atoms with van der Waals surface area (Å²) in [6, 6.07) is 2.15. The molecule has 0 saturated carbocycles. The van der Waals surface area contributed by atoms with Gasteiger partial charge >= 0.3 is 0 Å². The van der Waals surface area contributed by atoms with Gasteiger partial charge in [0.25, 0.3) is 0 Å². The van der Waals surface area contributed by atoms with Crippen molar-refractivity contribution in [2.45, 2.75) is 46.8 Å². The summed E-state index contributed by atoms with van der Waals surface area (Å²) in [5.74, 6) is 1.85. The number of hydrogen-bond acceptors (Lipinski definition) is 4. The Morgan fingerprint density at radius 1 is 1.28 bits per heavy atom. The van der Waals surface area contributed by atoms with Crippen LogP contribution in [0.3, 0.4) is 0 Å². The topological polar surface area (TPSA) is 38.2 Å². The number of aromatic nitrogens is 2. The lowest BCUT2D eigenvalue weighted by atomic mass is 10.3. The van der Waals surface area contributed by atoms with Gasteiger partial charge in [0.15, 0.2) is 0 Å². The fourth-order valence-electron chi connectivity index (χ4n) is 1.64. The van der Waals surface area contributed by atoms with E-state index < -0.39 is 0 Å². The molecule has 0 atom stereocenters. The number of anilines is 1. The fourth-order valence-corrected chi connectivity index (χ4v) is 1.82. The monoisotopic (exact) mass is 271 g/mol. The first kappa shape index (κ1) is 15.0. The molecule has 4 nitrogen and oxygen atoms in total. The van der Waals surface area contributed by atoms with Crippen molar-refractivity contribution in [1.29, 1.82) is 0 Å². The highest BCUT2D eigenvalue weighted by molar-refractivity contribution is 6.18. The van der Waals surface area contributed by atoms with Gasteiger partial charge in [-0.1, -0.05) is 0 Å². The first-order valence-electron chi connectivity index (χ1n) is 6.29. The number of hydrogen-bond donors (Lipinski definition) is 0. The van der Waals surface area contributed by atoms with E-state index in [1.807, 2.05) is 26.8 Å². The molecule has 0 N–H and O–H groups in total. The minimum atomic E-state index is 0.104. The van der Waals surface area contributed by atoms with Crippen molar-refractivity contribution in [3.05, 3.63) is 11.8 Å². The van der Waals surface area contributed by atoms with Gasteiger partial charge in [0.05, 0.1) is 6.10 Å². The van der Waals surface area contributed by atoms with Crippen LogP contribution in [0.15, 0.2) is 6.07 Å². The molecule has 0 radical (unpaired) electrons. The summed E-state index contributed by atoms with van der Waals surface area (Å²) in [6.07, 6.45) is 0.104. The lowest BCUT2D eigenvalue weighted by molar-refractivity contribution is 0.232. The molecule has 1 heterocycles. The molecule has 1 aromatic rings. The Morgan fingerprint density at radius 3 is 2.44 bits per heavy atom. The standard InChI is InChI=1S/C13H22ClN3O/c1-9(2)17(7-6-14)13-15-11(5)8-12(16-13)18-10(3)4/h8-10H,6-7H2,1-5H3. The second-order valence-corrected chi connectivity index (χ2v) is 5.17. The number of halogens is 1. The van der Waals surface area contributed by atoms with Crippen LogP contribution in [-0.4, -0.2) is 34.5 Å². The van der Waals surface area contributed by atoms with Crippen molar-refractivity contribution in [1.82, 2.24) is 9.97 Å². The van der Waals surface area contributed by atoms with E-state index in [1.165, 1.54) is 0 Å². The Balaban J connectivity index is 3.02. The van der Waals surface area contributed by atoms with E-state index in [-0.39, 0.29) is 6.10 Å². The first-order valence-corrected chi connectivity index (χ1v) is 6.82. The Labute approximate surface area is 114 Å². The highest BCUT2D eigenvalue weighted by atomic mass is 35.5. The smallest absolute Gasteiger partial charge is 0.229 e. The van der Waals surface area contributed by atoms with Crippen LogP contribution < -0.4 is 9.64 Å². The maximum atomic E-state index is 5.83. The normalized spacial score (nSPS) is 11.1. The fraction of sp³-hybridized carbons (Fsp3) is 0.692. The van der Waals surface area contributed by atoms with Crippen molar-refractivity contribution < 1.29 is 4.74 Å². The van der Waals surface area contributed by atoms with Crippen LogP contribution in [0.5, 0.6) is 5.88 Å². The summed E-state index contributed by atoms with van der Waals surface area (Å²) in [5, 5.41) is 0. The molecule has 0 unspecified atom stereocenters. The second kappa shape index (κ2) is 6.78. The van der Waals surface area contributed by atoms with Gasteiger partial charge in [-0.25, -0.2) is 4.98 Å². The molecule has 0 aliphatic rings. The summed E-state index contributed by atoms with van der Waals surface area (Å²) in [4.78, 5) is 11.0. The van der Waals surface area contributed by atoms with E-state index in [0.29, 0.717) is 23.8 Å². The van der Waals surface area contributed by atoms with E-state index in [4.69, 9.17) is 16.3 Å². The average Bonchev–Trinajstić information content (AvgIpc) is 2.23. The maximum absolute atomic E-state index is 5.83. The Bertz CT molecular complexity index is 382. The molecular weight excluding hydrogens is 250 g/mol. The average molecular weight is 272 g/mol. The van der Waals surface area contributed by atoms with Gasteiger partial charge in [0, 0.05) is 30.2 Å². The molecule has 102 valence electrons. The predicted molar refractivity (Wildman–Crippen MR) is 75.7 cm³/mol. The van der Waals surface area contributed by atoms with Crippen LogP contribution in [0, 0.1) is 6.92 Å². The van der Waals surface area contributed by atoms with Crippen molar-refractivity contribution in [2.24, 2.45) is 0 Å². The Kier molecular flexibility index (Phi) is 5.66. The number of ether oxygens (including phenoxy) is 1. The van der Waals surface area contributed by atoms with E-state index in [9.17, 15) is 0 Å². The summed E-state index contributed by atoms with van der Waals surface area (Å²) in [5.41, 5.74) is 0.899. The predicted octanol–water partition coefficient (Wildman–Crippen LogP) is 3.03. The highest BCUT2D eigenvalue weighted by Gasteiger charge is 2.15. The van der Waals surface area contributed by atoms with Gasteiger partial charge in [-0.05, 0) is 34.6 Å². The molecule has 0 aromatic carbocycles. The molecule has 0 amide bonds. The molecule has 0 aliphatic carbocycles. The van der Waals surface area contributed by atoms with Crippen LogP contribution in [0.25, 0.3) is 0 Å². The third-order valence-electron chi connectivity index (χ3n) is 2.38. The number of rotatable bonds is 6. The Morgan fingerprint density at radius 2 is 1.94 bits per heavy atom. The molecule has 0 bridgehead atoms. The molecule has 0 spiro atoms. The van der Waals surface area contributed by atoms with Gasteiger partial charge in [0.1, 0.15) is 0 Å². The van der Waals surface area contributed by atoms with Gasteiger partial charge in [-0.3, -0.25) is 0 Å². The summed E-state index contributed by atoms with van der Waals surface area (Å²) in [6.45, 7) is 10.8. The molecule has 18 heavy (non-hydrogen) atoms. The van der Waals surface area contributed by atoms with Gasteiger partial charge in [-0.2, -0.15) is 4.98 Å². The highest BCUT2D eigenvalue weighted by Crippen LogP contribution is 2.18. The van der Waals surface area contributed by atoms with Crippen molar-refractivity contribution in [3.63, 3.8) is 0 Å². The first-order chi connectivity index (χ1) is 8.43. The third-order valence-corrected chi connectivity index (χ3v) is 2.55. The SMILES string of the molecule is Cc1cc(OC(C)C)nc(N(CCCl)C(C)C)n1. The van der Waals surface area contributed by atoms with Crippen LogP contribution >= 0.6 is 11.6 Å². The zero-order chi connectivity index (χ0) is 13.7. The lowest BCUT2D eigenvalue weighted by Crippen LogP contribution is -2.34. The largest absolute Gasteiger partial charge is 0.475 e. The van der Waals surface area contributed by atoms with Crippen molar-refractivity contribution >= 4 is 17.5 Å². The van der Waals surface area contributed by atoms with Gasteiger partial charge in [-0.15, -0.1) is 11.6 Å². The second-order valence-electron chi connectivity index (χ2n) is 4.79. The molecule has 0 fully saturated rings. The minimum Gasteiger partial charge on any atom is -0.475 e. The van der Waals surface area contributed by atoms with Gasteiger partial charge < -0.3 is 9.64 Å². The van der Waals surface area contributed by atoms with E-state index in [2.05, 4.69) is 28.7 Å². The molecule has 5 heteroatoms. The van der Waals surface area contributed by atoms with E-state index in [1.54, 1.807) is 0 Å². The number of alkyl halides is 1. The van der Waals surface area contributed by atoms with Crippen molar-refractivity contribution in [3.8, 4) is 5.88 Å². The molecule has 0 aliphatic heterocycles. The van der Waals surface area contributed by atoms with Gasteiger partial charge in [0.2, 0.25) is 11.8 Å².